The Morgan fingerprint density at radius 1 is 1.35 bits per heavy atom. The van der Waals surface area contributed by atoms with Gasteiger partial charge in [0.2, 0.25) is 11.9 Å². The summed E-state index contributed by atoms with van der Waals surface area (Å²) in [4.78, 5) is 19.8. The molecule has 0 aliphatic carbocycles. The van der Waals surface area contributed by atoms with Gasteiger partial charge in [0, 0.05) is 7.05 Å². The van der Waals surface area contributed by atoms with Crippen molar-refractivity contribution in [2.24, 2.45) is 4.99 Å². The van der Waals surface area contributed by atoms with E-state index in [9.17, 15) is 9.18 Å². The maximum atomic E-state index is 12.9. The fraction of sp³-hybridized carbons (Fsp3) is 0.333. The molecule has 17 heavy (non-hydrogen) atoms. The SMILES string of the molecule is CN1CC(=O)N2C1=NCC2c1ccc(F)cc1. The minimum Gasteiger partial charge on any atom is -0.336 e. The number of fused-ring (bicyclic) bond motifs is 1. The number of benzene rings is 1. The fourth-order valence-corrected chi connectivity index (χ4v) is 2.34. The molecule has 0 N–H and O–H groups in total. The summed E-state index contributed by atoms with van der Waals surface area (Å²) < 4.78 is 12.9. The largest absolute Gasteiger partial charge is 0.336 e. The van der Waals surface area contributed by atoms with Crippen molar-refractivity contribution in [2.45, 2.75) is 6.04 Å². The third-order valence-electron chi connectivity index (χ3n) is 3.17. The fourth-order valence-electron chi connectivity index (χ4n) is 2.34. The Labute approximate surface area is 98.4 Å². The number of hydrogen-bond donors (Lipinski definition) is 0. The summed E-state index contributed by atoms with van der Waals surface area (Å²) in [5, 5.41) is 0. The van der Waals surface area contributed by atoms with Crippen LogP contribution in [0.1, 0.15) is 11.6 Å². The molecular weight excluding hydrogens is 221 g/mol. The number of guanidine groups is 1. The molecule has 3 rings (SSSR count). The van der Waals surface area contributed by atoms with E-state index in [1.807, 2.05) is 11.9 Å². The maximum Gasteiger partial charge on any atom is 0.249 e. The van der Waals surface area contributed by atoms with Crippen LogP contribution >= 0.6 is 0 Å². The van der Waals surface area contributed by atoms with Crippen molar-refractivity contribution in [2.75, 3.05) is 20.1 Å². The molecule has 0 radical (unpaired) electrons. The van der Waals surface area contributed by atoms with Gasteiger partial charge < -0.3 is 4.90 Å². The van der Waals surface area contributed by atoms with Crippen LogP contribution in [0, 0.1) is 5.82 Å². The topological polar surface area (TPSA) is 35.9 Å². The molecule has 2 aliphatic rings. The molecule has 1 unspecified atom stereocenters. The monoisotopic (exact) mass is 233 g/mol. The van der Waals surface area contributed by atoms with Gasteiger partial charge in [-0.15, -0.1) is 0 Å². The Morgan fingerprint density at radius 3 is 2.76 bits per heavy atom. The second-order valence-corrected chi connectivity index (χ2v) is 4.33. The zero-order valence-electron chi connectivity index (χ0n) is 9.43. The van der Waals surface area contributed by atoms with Crippen molar-refractivity contribution >= 4 is 11.9 Å². The molecule has 2 heterocycles. The number of carbonyl (C=O) groups is 1. The van der Waals surface area contributed by atoms with Crippen molar-refractivity contribution in [3.05, 3.63) is 35.6 Å². The molecule has 4 nitrogen and oxygen atoms in total. The van der Waals surface area contributed by atoms with Gasteiger partial charge in [-0.05, 0) is 17.7 Å². The molecule has 0 saturated carbocycles. The molecule has 1 aromatic carbocycles. The normalized spacial score (nSPS) is 23.1. The molecular formula is C12H12FN3O. The minimum atomic E-state index is -0.266. The second-order valence-electron chi connectivity index (χ2n) is 4.33. The Balaban J connectivity index is 1.92. The van der Waals surface area contributed by atoms with Gasteiger partial charge >= 0.3 is 0 Å². The highest BCUT2D eigenvalue weighted by atomic mass is 19.1. The number of halogens is 1. The summed E-state index contributed by atoms with van der Waals surface area (Å²) >= 11 is 0. The van der Waals surface area contributed by atoms with E-state index in [1.165, 1.54) is 12.1 Å². The molecule has 1 aromatic rings. The molecule has 2 aliphatic heterocycles. The van der Waals surface area contributed by atoms with Crippen LogP contribution in [0.3, 0.4) is 0 Å². The minimum absolute atomic E-state index is 0.0538. The molecule has 0 aromatic heterocycles. The predicted octanol–water partition coefficient (Wildman–Crippen LogP) is 1.01. The van der Waals surface area contributed by atoms with E-state index in [0.717, 1.165) is 11.5 Å². The number of rotatable bonds is 1. The van der Waals surface area contributed by atoms with E-state index in [4.69, 9.17) is 0 Å². The average Bonchev–Trinajstić information content (AvgIpc) is 2.84. The van der Waals surface area contributed by atoms with E-state index >= 15 is 0 Å². The third kappa shape index (κ3) is 1.50. The predicted molar refractivity (Wildman–Crippen MR) is 60.9 cm³/mol. The molecule has 1 saturated heterocycles. The Bertz CT molecular complexity index is 497. The van der Waals surface area contributed by atoms with Gasteiger partial charge in [0.1, 0.15) is 12.4 Å². The van der Waals surface area contributed by atoms with E-state index in [1.54, 1.807) is 17.0 Å². The van der Waals surface area contributed by atoms with Crippen LogP contribution in [0.2, 0.25) is 0 Å². The Hall–Kier alpha value is -1.91. The van der Waals surface area contributed by atoms with E-state index in [2.05, 4.69) is 4.99 Å². The molecule has 0 spiro atoms. The van der Waals surface area contributed by atoms with Crippen molar-refractivity contribution in [3.63, 3.8) is 0 Å². The summed E-state index contributed by atoms with van der Waals surface area (Å²) in [6, 6.07) is 6.17. The third-order valence-corrected chi connectivity index (χ3v) is 3.17. The lowest BCUT2D eigenvalue weighted by Gasteiger charge is -2.20. The number of carbonyl (C=O) groups excluding carboxylic acids is 1. The second kappa shape index (κ2) is 3.55. The molecule has 0 bridgehead atoms. The first-order valence-corrected chi connectivity index (χ1v) is 5.50. The summed E-state index contributed by atoms with van der Waals surface area (Å²) in [5.74, 6) is 0.514. The summed E-state index contributed by atoms with van der Waals surface area (Å²) in [6.45, 7) is 0.924. The van der Waals surface area contributed by atoms with Crippen LogP contribution in [-0.4, -0.2) is 41.8 Å². The van der Waals surface area contributed by atoms with Gasteiger partial charge in [0.05, 0.1) is 12.6 Å². The van der Waals surface area contributed by atoms with Crippen LogP contribution in [0.15, 0.2) is 29.3 Å². The van der Waals surface area contributed by atoms with Gasteiger partial charge in [-0.1, -0.05) is 12.1 Å². The van der Waals surface area contributed by atoms with Gasteiger partial charge in [0.25, 0.3) is 0 Å². The number of amides is 1. The number of nitrogens with zero attached hydrogens (tertiary/aromatic N) is 3. The highest BCUT2D eigenvalue weighted by Gasteiger charge is 2.41. The van der Waals surface area contributed by atoms with Crippen LogP contribution in [0.4, 0.5) is 4.39 Å². The van der Waals surface area contributed by atoms with Crippen LogP contribution in [0.25, 0.3) is 0 Å². The summed E-state index contributed by atoms with van der Waals surface area (Å²) in [7, 11) is 1.85. The first-order chi connectivity index (χ1) is 8.16. The van der Waals surface area contributed by atoms with E-state index < -0.39 is 0 Å². The molecule has 88 valence electrons. The molecule has 1 amide bonds. The summed E-state index contributed by atoms with van der Waals surface area (Å²) in [5.41, 5.74) is 0.925. The van der Waals surface area contributed by atoms with Gasteiger partial charge in [-0.3, -0.25) is 14.7 Å². The molecule has 5 heteroatoms. The van der Waals surface area contributed by atoms with E-state index in [0.29, 0.717) is 13.1 Å². The zero-order chi connectivity index (χ0) is 12.0. The van der Waals surface area contributed by atoms with Gasteiger partial charge in [0.15, 0.2) is 0 Å². The molecule has 1 atom stereocenters. The highest BCUT2D eigenvalue weighted by molar-refractivity contribution is 6.05. The first-order valence-electron chi connectivity index (χ1n) is 5.50. The smallest absolute Gasteiger partial charge is 0.249 e. The quantitative estimate of drug-likeness (QED) is 0.725. The first kappa shape index (κ1) is 10.3. The van der Waals surface area contributed by atoms with Crippen molar-refractivity contribution in [3.8, 4) is 0 Å². The summed E-state index contributed by atoms with van der Waals surface area (Å²) in [6.07, 6.45) is 0. The van der Waals surface area contributed by atoms with Gasteiger partial charge in [-0.2, -0.15) is 0 Å². The lowest BCUT2D eigenvalue weighted by Crippen LogP contribution is -2.32. The van der Waals surface area contributed by atoms with Crippen LogP contribution in [0.5, 0.6) is 0 Å². The average molecular weight is 233 g/mol. The lowest BCUT2D eigenvalue weighted by molar-refractivity contribution is -0.126. The standard InChI is InChI=1S/C12H12FN3O/c1-15-7-11(17)16-10(6-14-12(15)16)8-2-4-9(13)5-3-8/h2-5,10H,6-7H2,1H3. The number of likely N-dealkylation sites (N-methyl/N-ethyl adjacent to an activating group) is 1. The Morgan fingerprint density at radius 2 is 2.06 bits per heavy atom. The molecule has 1 fully saturated rings. The Kier molecular flexibility index (Phi) is 2.14. The van der Waals surface area contributed by atoms with Gasteiger partial charge in [-0.25, -0.2) is 4.39 Å². The van der Waals surface area contributed by atoms with Crippen LogP contribution < -0.4 is 0 Å². The number of aliphatic imine (C=N–C) groups is 1. The maximum absolute atomic E-state index is 12.9. The van der Waals surface area contributed by atoms with Crippen molar-refractivity contribution < 1.29 is 9.18 Å². The highest BCUT2D eigenvalue weighted by Crippen LogP contribution is 2.30. The van der Waals surface area contributed by atoms with Crippen LogP contribution in [-0.2, 0) is 4.79 Å². The van der Waals surface area contributed by atoms with Crippen molar-refractivity contribution in [1.82, 2.24) is 9.80 Å². The zero-order valence-corrected chi connectivity index (χ0v) is 9.43. The van der Waals surface area contributed by atoms with Crippen molar-refractivity contribution in [1.29, 1.82) is 0 Å². The van der Waals surface area contributed by atoms with E-state index in [-0.39, 0.29) is 17.8 Å². The number of hydrogen-bond acceptors (Lipinski definition) is 3. The lowest BCUT2D eigenvalue weighted by atomic mass is 10.1.